The summed E-state index contributed by atoms with van der Waals surface area (Å²) in [6.45, 7) is 2.00. The third-order valence-electron chi connectivity index (χ3n) is 4.20. The second-order valence-electron chi connectivity index (χ2n) is 6.08. The summed E-state index contributed by atoms with van der Waals surface area (Å²) in [5.74, 6) is 0.292. The lowest BCUT2D eigenvalue weighted by molar-refractivity contribution is -0.0349. The van der Waals surface area contributed by atoms with E-state index >= 15 is 0 Å². The molecule has 1 unspecified atom stereocenters. The summed E-state index contributed by atoms with van der Waals surface area (Å²) in [6, 6.07) is 12.0. The fraction of sp³-hybridized carbons (Fsp3) is 0.235. The van der Waals surface area contributed by atoms with Gasteiger partial charge in [0.1, 0.15) is 4.90 Å². The molecule has 0 amide bonds. The molecule has 0 spiro atoms. The standard InChI is InChI=1S/C17H18ClN3O3S2.BrH/c1-11-3-6-13(7-4-11)20-16-21(2)17(22,10-25-16)12-5-8-14(18)15(9-12)26(19,23)24;/h3-9,22H,10H2,1-2H3,(H2,19,23,24);1H/b20-16+;. The summed E-state index contributed by atoms with van der Waals surface area (Å²) in [6.07, 6.45) is 0. The minimum absolute atomic E-state index is 0. The lowest BCUT2D eigenvalue weighted by Gasteiger charge is -2.31. The molecule has 2 aromatic rings. The van der Waals surface area contributed by atoms with Crippen molar-refractivity contribution in [3.8, 4) is 0 Å². The van der Waals surface area contributed by atoms with Gasteiger partial charge in [0.25, 0.3) is 0 Å². The van der Waals surface area contributed by atoms with Crippen molar-refractivity contribution in [3.63, 3.8) is 0 Å². The predicted octanol–water partition coefficient (Wildman–Crippen LogP) is 3.39. The number of primary sulfonamides is 1. The lowest BCUT2D eigenvalue weighted by Crippen LogP contribution is -2.42. The molecule has 1 heterocycles. The van der Waals surface area contributed by atoms with E-state index < -0.39 is 15.7 Å². The molecule has 1 fully saturated rings. The molecular formula is C17H19BrClN3O3S2. The van der Waals surface area contributed by atoms with E-state index in [2.05, 4.69) is 4.99 Å². The highest BCUT2D eigenvalue weighted by Gasteiger charge is 2.43. The lowest BCUT2D eigenvalue weighted by atomic mass is 10.0. The number of aryl methyl sites for hydroxylation is 1. The Labute approximate surface area is 178 Å². The number of nitrogens with two attached hydrogens (primary N) is 1. The number of rotatable bonds is 3. The SMILES string of the molecule is Br.Cc1ccc(/N=C2/SCC(O)(c3ccc(Cl)c(S(N)(=O)=O)c3)N2C)cc1. The molecule has 10 heteroatoms. The maximum absolute atomic E-state index is 11.7. The zero-order valence-corrected chi connectivity index (χ0v) is 18.7. The smallest absolute Gasteiger partial charge is 0.239 e. The van der Waals surface area contributed by atoms with Crippen LogP contribution in [0.3, 0.4) is 0 Å². The van der Waals surface area contributed by atoms with Gasteiger partial charge in [-0.3, -0.25) is 0 Å². The first-order valence-electron chi connectivity index (χ1n) is 7.68. The number of hydrogen-bond acceptors (Lipinski definition) is 5. The third kappa shape index (κ3) is 4.49. The molecule has 1 aliphatic rings. The summed E-state index contributed by atoms with van der Waals surface area (Å²) in [7, 11) is -2.29. The van der Waals surface area contributed by atoms with Gasteiger partial charge in [-0.1, -0.05) is 47.1 Å². The van der Waals surface area contributed by atoms with Gasteiger partial charge < -0.3 is 10.0 Å². The van der Waals surface area contributed by atoms with Crippen molar-refractivity contribution < 1.29 is 13.5 Å². The normalized spacial score (nSPS) is 21.4. The van der Waals surface area contributed by atoms with Crippen molar-refractivity contribution in [2.75, 3.05) is 12.8 Å². The summed E-state index contributed by atoms with van der Waals surface area (Å²) in [4.78, 5) is 5.97. The molecule has 0 bridgehead atoms. The number of nitrogens with zero attached hydrogens (tertiary/aromatic N) is 2. The van der Waals surface area contributed by atoms with Crippen LogP contribution in [0.4, 0.5) is 5.69 Å². The number of aliphatic hydroxyl groups is 1. The Kier molecular flexibility index (Phi) is 6.66. The molecule has 0 aliphatic carbocycles. The Bertz CT molecular complexity index is 983. The van der Waals surface area contributed by atoms with Gasteiger partial charge in [0.05, 0.1) is 16.5 Å². The first-order chi connectivity index (χ1) is 12.1. The Balaban J connectivity index is 0.00000261. The topological polar surface area (TPSA) is 96.0 Å². The zero-order valence-electron chi connectivity index (χ0n) is 14.6. The molecule has 0 saturated carbocycles. The number of amidine groups is 1. The highest BCUT2D eigenvalue weighted by molar-refractivity contribution is 8.93. The van der Waals surface area contributed by atoms with Gasteiger partial charge in [-0.25, -0.2) is 18.5 Å². The van der Waals surface area contributed by atoms with E-state index in [-0.39, 0.29) is 26.9 Å². The van der Waals surface area contributed by atoms with Crippen molar-refractivity contribution >= 4 is 61.2 Å². The summed E-state index contributed by atoms with van der Waals surface area (Å²) in [5.41, 5.74) is 0.873. The molecule has 0 radical (unpaired) electrons. The molecular weight excluding hydrogens is 474 g/mol. The maximum atomic E-state index is 11.7. The van der Waals surface area contributed by atoms with E-state index in [1.807, 2.05) is 31.2 Å². The third-order valence-corrected chi connectivity index (χ3v) is 6.77. The van der Waals surface area contributed by atoms with Crippen LogP contribution < -0.4 is 5.14 Å². The molecule has 3 N–H and O–H groups in total. The van der Waals surface area contributed by atoms with Crippen LogP contribution in [0.2, 0.25) is 5.02 Å². The molecule has 6 nitrogen and oxygen atoms in total. The average molecular weight is 493 g/mol. The zero-order chi connectivity index (χ0) is 19.1. The Morgan fingerprint density at radius 2 is 1.89 bits per heavy atom. The number of sulfonamides is 1. The second kappa shape index (κ2) is 8.10. The van der Waals surface area contributed by atoms with E-state index in [4.69, 9.17) is 16.7 Å². The predicted molar refractivity (Wildman–Crippen MR) is 116 cm³/mol. The fourth-order valence-electron chi connectivity index (χ4n) is 2.60. The molecule has 0 aromatic heterocycles. The molecule has 3 rings (SSSR count). The second-order valence-corrected chi connectivity index (χ2v) is 8.96. The number of hydrogen-bond donors (Lipinski definition) is 2. The summed E-state index contributed by atoms with van der Waals surface area (Å²) >= 11 is 7.32. The average Bonchev–Trinajstić information content (AvgIpc) is 2.86. The number of benzene rings is 2. The first kappa shape index (κ1) is 22.2. The van der Waals surface area contributed by atoms with Crippen molar-refractivity contribution in [2.45, 2.75) is 17.5 Å². The van der Waals surface area contributed by atoms with Crippen LogP contribution in [-0.4, -0.2) is 36.4 Å². The largest absolute Gasteiger partial charge is 0.366 e. The number of halogens is 2. The van der Waals surface area contributed by atoms with Gasteiger partial charge in [0.15, 0.2) is 10.9 Å². The van der Waals surface area contributed by atoms with Crippen LogP contribution in [0.15, 0.2) is 52.4 Å². The van der Waals surface area contributed by atoms with Crippen molar-refractivity contribution in [2.24, 2.45) is 10.1 Å². The van der Waals surface area contributed by atoms with Crippen molar-refractivity contribution in [3.05, 3.63) is 58.6 Å². The summed E-state index contributed by atoms with van der Waals surface area (Å²) in [5, 5.41) is 17.0. The molecule has 1 atom stereocenters. The Morgan fingerprint density at radius 3 is 2.48 bits per heavy atom. The van der Waals surface area contributed by atoms with Crippen LogP contribution in [0.1, 0.15) is 11.1 Å². The highest BCUT2D eigenvalue weighted by Crippen LogP contribution is 2.40. The van der Waals surface area contributed by atoms with Crippen LogP contribution in [0.25, 0.3) is 0 Å². The van der Waals surface area contributed by atoms with Gasteiger partial charge in [0, 0.05) is 12.6 Å². The van der Waals surface area contributed by atoms with E-state index in [9.17, 15) is 13.5 Å². The highest BCUT2D eigenvalue weighted by atomic mass is 79.9. The molecule has 146 valence electrons. The van der Waals surface area contributed by atoms with Gasteiger partial charge in [0.2, 0.25) is 10.0 Å². The Morgan fingerprint density at radius 1 is 1.26 bits per heavy atom. The van der Waals surface area contributed by atoms with E-state index in [0.29, 0.717) is 16.5 Å². The molecule has 27 heavy (non-hydrogen) atoms. The first-order valence-corrected chi connectivity index (χ1v) is 10.6. The van der Waals surface area contributed by atoms with E-state index in [1.165, 1.54) is 23.9 Å². The quantitative estimate of drug-likeness (QED) is 0.685. The minimum atomic E-state index is -3.99. The van der Waals surface area contributed by atoms with Gasteiger partial charge in [-0.2, -0.15) is 0 Å². The van der Waals surface area contributed by atoms with Crippen LogP contribution in [-0.2, 0) is 15.7 Å². The maximum Gasteiger partial charge on any atom is 0.239 e. The van der Waals surface area contributed by atoms with Crippen LogP contribution in [0, 0.1) is 6.92 Å². The van der Waals surface area contributed by atoms with Crippen LogP contribution in [0.5, 0.6) is 0 Å². The van der Waals surface area contributed by atoms with Crippen molar-refractivity contribution in [1.29, 1.82) is 0 Å². The number of thioether (sulfide) groups is 1. The van der Waals surface area contributed by atoms with Gasteiger partial charge in [-0.15, -0.1) is 17.0 Å². The fourth-order valence-corrected chi connectivity index (χ4v) is 4.88. The number of aliphatic imine (C=N–C) groups is 1. The molecule has 1 aliphatic heterocycles. The van der Waals surface area contributed by atoms with Crippen LogP contribution >= 0.6 is 40.3 Å². The van der Waals surface area contributed by atoms with E-state index in [0.717, 1.165) is 11.3 Å². The van der Waals surface area contributed by atoms with Gasteiger partial charge in [-0.05, 0) is 31.2 Å². The minimum Gasteiger partial charge on any atom is -0.366 e. The van der Waals surface area contributed by atoms with Gasteiger partial charge >= 0.3 is 0 Å². The molecule has 2 aromatic carbocycles. The monoisotopic (exact) mass is 491 g/mol. The molecule has 1 saturated heterocycles. The Hall–Kier alpha value is -1.10. The van der Waals surface area contributed by atoms with E-state index in [1.54, 1.807) is 18.0 Å². The summed E-state index contributed by atoms with van der Waals surface area (Å²) < 4.78 is 23.4. The van der Waals surface area contributed by atoms with Crippen molar-refractivity contribution in [1.82, 2.24) is 4.90 Å².